The van der Waals surface area contributed by atoms with Crippen LogP contribution in [0.2, 0.25) is 0 Å². The molecule has 6 nitrogen and oxygen atoms in total. The molecule has 1 amide bonds. The third-order valence-electron chi connectivity index (χ3n) is 3.58. The molecule has 2 rings (SSSR count). The summed E-state index contributed by atoms with van der Waals surface area (Å²) in [6, 6.07) is 1.79. The minimum Gasteiger partial charge on any atom is -0.383 e. The van der Waals surface area contributed by atoms with Crippen LogP contribution < -0.4 is 10.2 Å². The van der Waals surface area contributed by atoms with Crippen LogP contribution in [-0.4, -0.2) is 49.2 Å². The standard InChI is InChI=1S/C15H24N4O2/c1-12-17-13(15(20)16-7-10-21-2)11-14(18-12)19-8-5-3-4-6-9-19/h11H,3-10H2,1-2H3,(H,16,20). The Kier molecular flexibility index (Phi) is 5.92. The number of amides is 1. The molecule has 0 saturated carbocycles. The largest absolute Gasteiger partial charge is 0.383 e. The lowest BCUT2D eigenvalue weighted by atomic mass is 10.2. The molecule has 1 aromatic rings. The van der Waals surface area contributed by atoms with Gasteiger partial charge < -0.3 is 15.0 Å². The van der Waals surface area contributed by atoms with Gasteiger partial charge in [0.1, 0.15) is 17.3 Å². The van der Waals surface area contributed by atoms with E-state index in [0.717, 1.165) is 18.9 Å². The van der Waals surface area contributed by atoms with Crippen molar-refractivity contribution in [2.75, 3.05) is 38.3 Å². The van der Waals surface area contributed by atoms with Crippen molar-refractivity contribution in [1.29, 1.82) is 0 Å². The summed E-state index contributed by atoms with van der Waals surface area (Å²) in [4.78, 5) is 23.1. The SMILES string of the molecule is COCCNC(=O)c1cc(N2CCCCCC2)nc(C)n1. The van der Waals surface area contributed by atoms with Crippen molar-refractivity contribution in [2.24, 2.45) is 0 Å². The lowest BCUT2D eigenvalue weighted by molar-refractivity contribution is 0.0931. The molecule has 1 aliphatic heterocycles. The van der Waals surface area contributed by atoms with Gasteiger partial charge in [-0.25, -0.2) is 9.97 Å². The molecule has 0 radical (unpaired) electrons. The van der Waals surface area contributed by atoms with E-state index in [-0.39, 0.29) is 5.91 Å². The third kappa shape index (κ3) is 4.67. The van der Waals surface area contributed by atoms with Crippen LogP contribution in [0.1, 0.15) is 42.0 Å². The van der Waals surface area contributed by atoms with Crippen LogP contribution >= 0.6 is 0 Å². The van der Waals surface area contributed by atoms with E-state index in [1.165, 1.54) is 25.7 Å². The first-order valence-electron chi connectivity index (χ1n) is 7.58. The molecule has 0 unspecified atom stereocenters. The summed E-state index contributed by atoms with van der Waals surface area (Å²) >= 11 is 0. The Bertz CT molecular complexity index is 471. The van der Waals surface area contributed by atoms with Crippen LogP contribution in [0.4, 0.5) is 5.82 Å². The number of hydrogen-bond acceptors (Lipinski definition) is 5. The molecule has 1 aromatic heterocycles. The summed E-state index contributed by atoms with van der Waals surface area (Å²) < 4.78 is 4.93. The Balaban J connectivity index is 2.10. The highest BCUT2D eigenvalue weighted by Crippen LogP contribution is 2.18. The predicted molar refractivity (Wildman–Crippen MR) is 81.7 cm³/mol. The number of carbonyl (C=O) groups is 1. The molecule has 6 heteroatoms. The summed E-state index contributed by atoms with van der Waals surface area (Å²) in [5, 5.41) is 2.80. The molecule has 2 heterocycles. The smallest absolute Gasteiger partial charge is 0.270 e. The van der Waals surface area contributed by atoms with Gasteiger partial charge in [0.15, 0.2) is 0 Å². The molecular weight excluding hydrogens is 268 g/mol. The molecule has 0 aliphatic carbocycles. The molecule has 21 heavy (non-hydrogen) atoms. The second kappa shape index (κ2) is 7.93. The maximum Gasteiger partial charge on any atom is 0.270 e. The summed E-state index contributed by atoms with van der Waals surface area (Å²) in [7, 11) is 1.61. The van der Waals surface area contributed by atoms with Crippen molar-refractivity contribution < 1.29 is 9.53 Å². The molecule has 0 aromatic carbocycles. The molecule has 1 fully saturated rings. The normalized spacial score (nSPS) is 15.6. The fraction of sp³-hybridized carbons (Fsp3) is 0.667. The highest BCUT2D eigenvalue weighted by atomic mass is 16.5. The lowest BCUT2D eigenvalue weighted by Gasteiger charge is -2.22. The van der Waals surface area contributed by atoms with E-state index in [0.29, 0.717) is 24.7 Å². The zero-order valence-corrected chi connectivity index (χ0v) is 12.9. The van der Waals surface area contributed by atoms with E-state index < -0.39 is 0 Å². The monoisotopic (exact) mass is 292 g/mol. The fourth-order valence-electron chi connectivity index (χ4n) is 2.49. The number of anilines is 1. The fourth-order valence-corrected chi connectivity index (χ4v) is 2.49. The molecule has 0 atom stereocenters. The van der Waals surface area contributed by atoms with Gasteiger partial charge in [0.05, 0.1) is 6.61 Å². The maximum absolute atomic E-state index is 12.1. The average Bonchev–Trinajstić information content (AvgIpc) is 2.76. The van der Waals surface area contributed by atoms with Crippen LogP contribution in [0.5, 0.6) is 0 Å². The number of rotatable bonds is 5. The van der Waals surface area contributed by atoms with Gasteiger partial charge in [0, 0.05) is 32.8 Å². The second-order valence-corrected chi connectivity index (χ2v) is 5.31. The first kappa shape index (κ1) is 15.7. The van der Waals surface area contributed by atoms with Crippen LogP contribution in [0.25, 0.3) is 0 Å². The number of nitrogens with zero attached hydrogens (tertiary/aromatic N) is 3. The first-order valence-corrected chi connectivity index (χ1v) is 7.58. The van der Waals surface area contributed by atoms with E-state index >= 15 is 0 Å². The van der Waals surface area contributed by atoms with Gasteiger partial charge in [-0.2, -0.15) is 0 Å². The maximum atomic E-state index is 12.1. The predicted octanol–water partition coefficient (Wildman–Crippen LogP) is 1.54. The van der Waals surface area contributed by atoms with Gasteiger partial charge in [0.2, 0.25) is 0 Å². The number of hydrogen-bond donors (Lipinski definition) is 1. The van der Waals surface area contributed by atoms with Crippen molar-refractivity contribution >= 4 is 11.7 Å². The molecule has 0 bridgehead atoms. The Labute approximate surface area is 125 Å². The summed E-state index contributed by atoms with van der Waals surface area (Å²) in [5.74, 6) is 1.32. The van der Waals surface area contributed by atoms with Crippen LogP contribution in [0, 0.1) is 6.92 Å². The Morgan fingerprint density at radius 1 is 1.29 bits per heavy atom. The molecular formula is C15H24N4O2. The lowest BCUT2D eigenvalue weighted by Crippen LogP contribution is -2.30. The summed E-state index contributed by atoms with van der Waals surface area (Å²) in [6.45, 7) is 4.81. The highest BCUT2D eigenvalue weighted by molar-refractivity contribution is 5.92. The summed E-state index contributed by atoms with van der Waals surface area (Å²) in [5.41, 5.74) is 0.429. The van der Waals surface area contributed by atoms with E-state index in [1.54, 1.807) is 13.2 Å². The topological polar surface area (TPSA) is 67.3 Å². The number of methoxy groups -OCH3 is 1. The van der Waals surface area contributed by atoms with Gasteiger partial charge in [-0.1, -0.05) is 12.8 Å². The molecule has 1 N–H and O–H groups in total. The average molecular weight is 292 g/mol. The van der Waals surface area contributed by atoms with Crippen molar-refractivity contribution in [3.8, 4) is 0 Å². The van der Waals surface area contributed by atoms with Gasteiger partial charge in [-0.15, -0.1) is 0 Å². The van der Waals surface area contributed by atoms with Gasteiger partial charge in [0.25, 0.3) is 5.91 Å². The molecule has 116 valence electrons. The van der Waals surface area contributed by atoms with E-state index in [2.05, 4.69) is 20.2 Å². The van der Waals surface area contributed by atoms with Gasteiger partial charge in [-0.05, 0) is 19.8 Å². The van der Waals surface area contributed by atoms with Crippen LogP contribution in [-0.2, 0) is 4.74 Å². The Morgan fingerprint density at radius 3 is 2.67 bits per heavy atom. The third-order valence-corrected chi connectivity index (χ3v) is 3.58. The number of aromatic nitrogens is 2. The van der Waals surface area contributed by atoms with Crippen molar-refractivity contribution in [2.45, 2.75) is 32.6 Å². The molecule has 1 aliphatic rings. The van der Waals surface area contributed by atoms with E-state index in [9.17, 15) is 4.79 Å². The highest BCUT2D eigenvalue weighted by Gasteiger charge is 2.15. The molecule has 1 saturated heterocycles. The van der Waals surface area contributed by atoms with Gasteiger partial charge in [-0.3, -0.25) is 4.79 Å². The summed E-state index contributed by atoms with van der Waals surface area (Å²) in [6.07, 6.45) is 4.90. The van der Waals surface area contributed by atoms with Crippen molar-refractivity contribution in [3.63, 3.8) is 0 Å². The second-order valence-electron chi connectivity index (χ2n) is 5.31. The van der Waals surface area contributed by atoms with Crippen molar-refractivity contribution in [1.82, 2.24) is 15.3 Å². The van der Waals surface area contributed by atoms with Crippen LogP contribution in [0.15, 0.2) is 6.07 Å². The first-order chi connectivity index (χ1) is 10.2. The van der Waals surface area contributed by atoms with Crippen LogP contribution in [0.3, 0.4) is 0 Å². The quantitative estimate of drug-likeness (QED) is 0.834. The Morgan fingerprint density at radius 2 is 2.00 bits per heavy atom. The minimum absolute atomic E-state index is 0.173. The zero-order valence-electron chi connectivity index (χ0n) is 12.9. The van der Waals surface area contributed by atoms with E-state index in [4.69, 9.17) is 4.74 Å². The molecule has 0 spiro atoms. The minimum atomic E-state index is -0.173. The zero-order chi connectivity index (χ0) is 15.1. The Hall–Kier alpha value is -1.69. The van der Waals surface area contributed by atoms with Gasteiger partial charge >= 0.3 is 0 Å². The number of ether oxygens (including phenoxy) is 1. The number of nitrogens with one attached hydrogen (secondary N) is 1. The number of aryl methyl sites for hydroxylation is 1. The number of carbonyl (C=O) groups excluding carboxylic acids is 1. The van der Waals surface area contributed by atoms with E-state index in [1.807, 2.05) is 6.92 Å². The van der Waals surface area contributed by atoms with Crippen molar-refractivity contribution in [3.05, 3.63) is 17.6 Å².